The molecule has 0 radical (unpaired) electrons. The first-order chi connectivity index (χ1) is 6.59. The van der Waals surface area contributed by atoms with Gasteiger partial charge in [-0.1, -0.05) is 0 Å². The van der Waals surface area contributed by atoms with Crippen LogP contribution in [0.4, 0.5) is 4.39 Å². The van der Waals surface area contributed by atoms with E-state index in [2.05, 4.69) is 4.98 Å². The van der Waals surface area contributed by atoms with Crippen molar-refractivity contribution in [1.82, 2.24) is 4.98 Å². The van der Waals surface area contributed by atoms with E-state index in [1.165, 1.54) is 19.1 Å². The van der Waals surface area contributed by atoms with E-state index in [0.29, 0.717) is 10.9 Å². The third-order valence-electron chi connectivity index (χ3n) is 2.33. The highest BCUT2D eigenvalue weighted by Crippen LogP contribution is 2.23. The lowest BCUT2D eigenvalue weighted by Crippen LogP contribution is -1.89. The number of rotatable bonds is 1. The van der Waals surface area contributed by atoms with E-state index < -0.39 is 0 Å². The van der Waals surface area contributed by atoms with Gasteiger partial charge in [0, 0.05) is 22.7 Å². The lowest BCUT2D eigenvalue weighted by Gasteiger charge is -1.97. The minimum absolute atomic E-state index is 0.0544. The van der Waals surface area contributed by atoms with Crippen molar-refractivity contribution in [1.29, 1.82) is 0 Å². The number of hydrogen-bond acceptors (Lipinski definition) is 1. The number of aromatic amines is 1. The van der Waals surface area contributed by atoms with Gasteiger partial charge in [0.2, 0.25) is 0 Å². The smallest absolute Gasteiger partial charge is 0.161 e. The summed E-state index contributed by atoms with van der Waals surface area (Å²) >= 11 is 0. The third-order valence-corrected chi connectivity index (χ3v) is 2.33. The molecule has 0 saturated heterocycles. The summed E-state index contributed by atoms with van der Waals surface area (Å²) in [5, 5.41) is 0.662. The van der Waals surface area contributed by atoms with Crippen molar-refractivity contribution in [2.24, 2.45) is 0 Å². The van der Waals surface area contributed by atoms with Crippen molar-refractivity contribution in [2.45, 2.75) is 13.8 Å². The molecule has 14 heavy (non-hydrogen) atoms. The van der Waals surface area contributed by atoms with Crippen LogP contribution in [-0.2, 0) is 0 Å². The molecule has 0 fully saturated rings. The Bertz CT molecular complexity index is 513. The van der Waals surface area contributed by atoms with Crippen LogP contribution in [0.3, 0.4) is 0 Å². The zero-order valence-corrected chi connectivity index (χ0v) is 8.02. The summed E-state index contributed by atoms with van der Waals surface area (Å²) in [5.74, 6) is -0.363. The Morgan fingerprint density at radius 1 is 1.43 bits per heavy atom. The van der Waals surface area contributed by atoms with Gasteiger partial charge in [0.05, 0.1) is 0 Å². The Morgan fingerprint density at radius 3 is 2.79 bits per heavy atom. The second-order valence-electron chi connectivity index (χ2n) is 3.40. The van der Waals surface area contributed by atoms with Gasteiger partial charge in [-0.05, 0) is 31.5 Å². The maximum atomic E-state index is 13.1. The molecule has 1 aromatic carbocycles. The number of fused-ring (bicyclic) bond motifs is 1. The van der Waals surface area contributed by atoms with Crippen LogP contribution < -0.4 is 0 Å². The maximum absolute atomic E-state index is 13.1. The average Bonchev–Trinajstić information content (AvgIpc) is 2.47. The number of halogens is 1. The molecule has 1 heterocycles. The zero-order chi connectivity index (χ0) is 10.3. The fourth-order valence-corrected chi connectivity index (χ4v) is 1.66. The number of ketones is 1. The van der Waals surface area contributed by atoms with Gasteiger partial charge >= 0.3 is 0 Å². The molecule has 1 N–H and O–H groups in total. The van der Waals surface area contributed by atoms with Gasteiger partial charge in [-0.3, -0.25) is 4.79 Å². The normalized spacial score (nSPS) is 10.8. The highest BCUT2D eigenvalue weighted by molar-refractivity contribution is 6.07. The van der Waals surface area contributed by atoms with E-state index in [1.54, 1.807) is 6.20 Å². The SMILES string of the molecule is CC(=O)c1c[nH]c2c(C)cc(F)cc12. The Labute approximate surface area is 80.7 Å². The van der Waals surface area contributed by atoms with Crippen molar-refractivity contribution in [3.63, 3.8) is 0 Å². The Hall–Kier alpha value is -1.64. The predicted octanol–water partition coefficient (Wildman–Crippen LogP) is 2.82. The quantitative estimate of drug-likeness (QED) is 0.691. The van der Waals surface area contributed by atoms with E-state index in [9.17, 15) is 9.18 Å². The summed E-state index contributed by atoms with van der Waals surface area (Å²) in [6, 6.07) is 2.83. The summed E-state index contributed by atoms with van der Waals surface area (Å²) in [4.78, 5) is 14.2. The minimum atomic E-state index is -0.308. The third kappa shape index (κ3) is 1.21. The monoisotopic (exact) mass is 191 g/mol. The molecule has 2 rings (SSSR count). The van der Waals surface area contributed by atoms with Crippen LogP contribution in [0.15, 0.2) is 18.3 Å². The van der Waals surface area contributed by atoms with Gasteiger partial charge < -0.3 is 4.98 Å². The number of aryl methyl sites for hydroxylation is 1. The largest absolute Gasteiger partial charge is 0.360 e. The van der Waals surface area contributed by atoms with Crippen LogP contribution in [0.2, 0.25) is 0 Å². The standard InChI is InChI=1S/C11H10FNO/c1-6-3-8(12)4-9-10(7(2)14)5-13-11(6)9/h3-5,13H,1-2H3. The molecule has 0 aliphatic heterocycles. The average molecular weight is 191 g/mol. The number of aromatic nitrogens is 1. The topological polar surface area (TPSA) is 32.9 Å². The number of benzene rings is 1. The number of H-pyrrole nitrogens is 1. The molecule has 0 aliphatic carbocycles. The zero-order valence-electron chi connectivity index (χ0n) is 8.02. The van der Waals surface area contributed by atoms with Gasteiger partial charge in [-0.2, -0.15) is 0 Å². The van der Waals surface area contributed by atoms with Crippen LogP contribution in [0.1, 0.15) is 22.8 Å². The lowest BCUT2D eigenvalue weighted by atomic mass is 10.1. The summed E-state index contributed by atoms with van der Waals surface area (Å²) in [7, 11) is 0. The molecule has 72 valence electrons. The van der Waals surface area contributed by atoms with E-state index in [1.807, 2.05) is 6.92 Å². The van der Waals surface area contributed by atoms with Crippen LogP contribution in [-0.4, -0.2) is 10.8 Å². The summed E-state index contributed by atoms with van der Waals surface area (Å²) in [5.41, 5.74) is 2.19. The maximum Gasteiger partial charge on any atom is 0.161 e. The first kappa shape index (κ1) is 8.94. The number of carbonyl (C=O) groups excluding carboxylic acids is 1. The van der Waals surface area contributed by atoms with Crippen molar-refractivity contribution in [3.8, 4) is 0 Å². The van der Waals surface area contributed by atoms with Gasteiger partial charge in [-0.25, -0.2) is 4.39 Å². The summed E-state index contributed by atoms with van der Waals surface area (Å²) < 4.78 is 13.1. The lowest BCUT2D eigenvalue weighted by molar-refractivity contribution is 0.101. The molecule has 2 aromatic rings. The molecule has 0 spiro atoms. The molecule has 0 amide bonds. The summed E-state index contributed by atoms with van der Waals surface area (Å²) in [6.45, 7) is 3.29. The van der Waals surface area contributed by atoms with Crippen LogP contribution in [0.5, 0.6) is 0 Å². The molecule has 0 saturated carbocycles. The molecule has 0 unspecified atom stereocenters. The highest BCUT2D eigenvalue weighted by atomic mass is 19.1. The van der Waals surface area contributed by atoms with Crippen LogP contribution in [0, 0.1) is 12.7 Å². The molecule has 0 atom stereocenters. The van der Waals surface area contributed by atoms with Gasteiger partial charge in [0.1, 0.15) is 5.82 Å². The van der Waals surface area contributed by atoms with Crippen molar-refractivity contribution < 1.29 is 9.18 Å². The van der Waals surface area contributed by atoms with Gasteiger partial charge in [0.15, 0.2) is 5.78 Å². The van der Waals surface area contributed by atoms with Crippen molar-refractivity contribution >= 4 is 16.7 Å². The molecule has 2 nitrogen and oxygen atoms in total. The molecule has 0 bridgehead atoms. The fourth-order valence-electron chi connectivity index (χ4n) is 1.66. The van der Waals surface area contributed by atoms with Crippen LogP contribution >= 0.6 is 0 Å². The second kappa shape index (κ2) is 2.94. The van der Waals surface area contributed by atoms with Crippen molar-refractivity contribution in [3.05, 3.63) is 35.3 Å². The minimum Gasteiger partial charge on any atom is -0.360 e. The first-order valence-corrected chi connectivity index (χ1v) is 4.38. The van der Waals surface area contributed by atoms with E-state index >= 15 is 0 Å². The van der Waals surface area contributed by atoms with E-state index in [-0.39, 0.29) is 11.6 Å². The van der Waals surface area contributed by atoms with E-state index in [0.717, 1.165) is 11.1 Å². The summed E-state index contributed by atoms with van der Waals surface area (Å²) in [6.07, 6.45) is 1.62. The van der Waals surface area contributed by atoms with Gasteiger partial charge in [0.25, 0.3) is 0 Å². The Morgan fingerprint density at radius 2 is 2.14 bits per heavy atom. The molecule has 0 aliphatic rings. The Balaban J connectivity index is 2.85. The predicted molar refractivity (Wildman–Crippen MR) is 53.0 cm³/mol. The van der Waals surface area contributed by atoms with Crippen molar-refractivity contribution in [2.75, 3.05) is 0 Å². The highest BCUT2D eigenvalue weighted by Gasteiger charge is 2.10. The molecule has 3 heteroatoms. The van der Waals surface area contributed by atoms with Crippen LogP contribution in [0.25, 0.3) is 10.9 Å². The molecular weight excluding hydrogens is 181 g/mol. The Kier molecular flexibility index (Phi) is 1.88. The number of nitrogens with one attached hydrogen (secondary N) is 1. The number of carbonyl (C=O) groups is 1. The first-order valence-electron chi connectivity index (χ1n) is 4.38. The fraction of sp³-hybridized carbons (Fsp3) is 0.182. The van der Waals surface area contributed by atoms with Gasteiger partial charge in [-0.15, -0.1) is 0 Å². The second-order valence-corrected chi connectivity index (χ2v) is 3.40. The molecule has 1 aromatic heterocycles. The van der Waals surface area contributed by atoms with E-state index in [4.69, 9.17) is 0 Å². The number of Topliss-reactive ketones (excluding diaryl/α,β-unsaturated/α-hetero) is 1. The molecular formula is C11H10FNO. The number of hydrogen-bond donors (Lipinski definition) is 1.